The summed E-state index contributed by atoms with van der Waals surface area (Å²) in [6, 6.07) is -0.654. The van der Waals surface area contributed by atoms with Crippen LogP contribution in [-0.4, -0.2) is 14.8 Å². The molecule has 2 aromatic heterocycles. The van der Waals surface area contributed by atoms with Crippen molar-refractivity contribution in [2.75, 3.05) is 0 Å². The fourth-order valence-corrected chi connectivity index (χ4v) is 1.02. The lowest BCUT2D eigenvalue weighted by atomic mass is 10.2. The molecule has 0 aromatic carbocycles. The van der Waals surface area contributed by atoms with Crippen molar-refractivity contribution in [1.82, 2.24) is 14.8 Å². The lowest BCUT2D eigenvalue weighted by Gasteiger charge is -2.02. The smallest absolute Gasteiger partial charge is 0.0872 e. The molecule has 13 heavy (non-hydrogen) atoms. The van der Waals surface area contributed by atoms with Crippen molar-refractivity contribution in [3.63, 3.8) is 0 Å². The minimum atomic E-state index is -2.78. The maximum absolute atomic E-state index is 7.81. The normalized spacial score (nSPS) is 20.1. The molecular weight excluding hydrogens is 230 g/mol. The van der Waals surface area contributed by atoms with E-state index in [1.807, 2.05) is 0 Å². The number of halogens is 1. The topological polar surface area (TPSA) is 30.7 Å². The van der Waals surface area contributed by atoms with E-state index in [4.69, 9.17) is 11.0 Å². The first-order valence-corrected chi connectivity index (χ1v) is 4.05. The Morgan fingerprint density at radius 2 is 2.54 bits per heavy atom. The lowest BCUT2D eigenvalue weighted by Crippen LogP contribution is -1.97. The summed E-state index contributed by atoms with van der Waals surface area (Å²) >= 11 is 2.97. The van der Waals surface area contributed by atoms with Gasteiger partial charge >= 0.3 is 0 Å². The zero-order valence-corrected chi connectivity index (χ0v) is 7.81. The van der Waals surface area contributed by atoms with Gasteiger partial charge in [0.15, 0.2) is 0 Å². The van der Waals surface area contributed by atoms with Crippen molar-refractivity contribution in [3.05, 3.63) is 40.8 Å². The summed E-state index contributed by atoms with van der Waals surface area (Å²) in [6.45, 7) is -2.78. The van der Waals surface area contributed by atoms with Crippen LogP contribution in [0.15, 0.2) is 35.2 Å². The fourth-order valence-electron chi connectivity index (χ4n) is 0.776. The highest BCUT2D eigenvalue weighted by Crippen LogP contribution is 2.14. The van der Waals surface area contributed by atoms with Crippen molar-refractivity contribution in [2.24, 2.45) is 0 Å². The van der Waals surface area contributed by atoms with Crippen LogP contribution in [0.1, 0.15) is 16.5 Å². The molecule has 0 amide bonds. The van der Waals surface area contributed by atoms with Gasteiger partial charge in [-0.3, -0.25) is 4.98 Å². The van der Waals surface area contributed by atoms with E-state index in [0.29, 0.717) is 0 Å². The van der Waals surface area contributed by atoms with Crippen molar-refractivity contribution >= 4 is 15.9 Å². The van der Waals surface area contributed by atoms with E-state index in [-0.39, 0.29) is 22.5 Å². The van der Waals surface area contributed by atoms with Gasteiger partial charge in [-0.25, -0.2) is 4.68 Å². The maximum atomic E-state index is 7.81. The second kappa shape index (κ2) is 3.30. The second-order valence-corrected chi connectivity index (χ2v) is 2.93. The Balaban J connectivity index is 2.92. The molecule has 2 rings (SSSR count). The molecule has 0 saturated carbocycles. The first-order valence-electron chi connectivity index (χ1n) is 7.26. The third kappa shape index (κ3) is 1.62. The van der Waals surface area contributed by atoms with Gasteiger partial charge in [0.25, 0.3) is 0 Å². The zero-order chi connectivity index (χ0) is 16.1. The Morgan fingerprint density at radius 3 is 3.23 bits per heavy atom. The molecule has 66 valence electrons. The maximum Gasteiger partial charge on any atom is 0.0872 e. The van der Waals surface area contributed by atoms with E-state index >= 15 is 0 Å². The summed E-state index contributed by atoms with van der Waals surface area (Å²) in [5, 5.41) is 3.68. The quantitative estimate of drug-likeness (QED) is 0.773. The van der Waals surface area contributed by atoms with Gasteiger partial charge in [0.2, 0.25) is 0 Å². The van der Waals surface area contributed by atoms with Gasteiger partial charge in [0.1, 0.15) is 0 Å². The van der Waals surface area contributed by atoms with E-state index in [9.17, 15) is 0 Å². The minimum absolute atomic E-state index is 0.0277. The van der Waals surface area contributed by atoms with Crippen molar-refractivity contribution in [3.8, 4) is 5.69 Å². The van der Waals surface area contributed by atoms with Crippen LogP contribution in [-0.2, 0) is 0 Å². The summed E-state index contributed by atoms with van der Waals surface area (Å²) < 4.78 is 61.5. The summed E-state index contributed by atoms with van der Waals surface area (Å²) in [4.78, 5) is 3.48. The average Bonchev–Trinajstić information content (AvgIpc) is 2.59. The number of hydrogen-bond acceptors (Lipinski definition) is 2. The molecule has 2 heterocycles. The highest BCUT2D eigenvalue weighted by atomic mass is 79.9. The summed E-state index contributed by atoms with van der Waals surface area (Å²) in [7, 11) is 0. The Bertz CT molecular complexity index is 723. The monoisotopic (exact) mass is 245 g/mol. The molecule has 0 saturated heterocycles. The molecule has 0 bridgehead atoms. The molecule has 0 spiro atoms. The number of aromatic nitrogens is 3. The Morgan fingerprint density at radius 1 is 1.62 bits per heavy atom. The molecule has 0 aliphatic heterocycles. The van der Waals surface area contributed by atoms with Crippen LogP contribution in [0.3, 0.4) is 0 Å². The molecule has 0 N–H and O–H groups in total. The van der Waals surface area contributed by atoms with E-state index < -0.39 is 30.8 Å². The van der Waals surface area contributed by atoms with Crippen LogP contribution < -0.4 is 0 Å². The minimum Gasteiger partial charge on any atom is -0.262 e. The van der Waals surface area contributed by atoms with Crippen LogP contribution in [0.2, 0.25) is 0 Å². The number of nitrogens with zero attached hydrogens (tertiary/aromatic N) is 3. The largest absolute Gasteiger partial charge is 0.262 e. The molecule has 0 aliphatic rings. The molecule has 0 fully saturated rings. The van der Waals surface area contributed by atoms with E-state index in [0.717, 1.165) is 4.68 Å². The summed E-state index contributed by atoms with van der Waals surface area (Å²) in [5.74, 6) is 0. The van der Waals surface area contributed by atoms with E-state index in [2.05, 4.69) is 26.0 Å². The molecular formula is C9H8BrN3. The summed E-state index contributed by atoms with van der Waals surface area (Å²) in [5.41, 5.74) is -0.976. The van der Waals surface area contributed by atoms with Crippen LogP contribution in [0.25, 0.3) is 5.69 Å². The molecule has 0 unspecified atom stereocenters. The van der Waals surface area contributed by atoms with Gasteiger partial charge in [0, 0.05) is 16.5 Å². The standard InChI is InChI=1S/C9H8BrN3/c1-7-2-3-11-5-9(7)13-6-8(10)4-12-13/h2-6H,1H3/i1D3,2D,3D,4D,5D,6D. The number of hydrogen-bond donors (Lipinski definition) is 0. The molecule has 4 heteroatoms. The number of rotatable bonds is 1. The van der Waals surface area contributed by atoms with Gasteiger partial charge in [-0.1, -0.05) is 0 Å². The van der Waals surface area contributed by atoms with Crippen LogP contribution in [0.4, 0.5) is 0 Å². The third-order valence-corrected chi connectivity index (χ3v) is 1.65. The number of pyridine rings is 1. The van der Waals surface area contributed by atoms with Crippen LogP contribution >= 0.6 is 15.9 Å². The van der Waals surface area contributed by atoms with Crippen molar-refractivity contribution < 1.29 is 11.0 Å². The predicted octanol–water partition coefficient (Wildman–Crippen LogP) is 2.34. The molecule has 0 atom stereocenters. The predicted molar refractivity (Wildman–Crippen MR) is 53.8 cm³/mol. The Hall–Kier alpha value is -1.16. The summed E-state index contributed by atoms with van der Waals surface area (Å²) in [6.07, 6.45) is -1.88. The first-order chi connectivity index (χ1) is 9.55. The molecule has 2 aromatic rings. The zero-order valence-electron chi connectivity index (χ0n) is 14.2. The van der Waals surface area contributed by atoms with E-state index in [1.54, 1.807) is 0 Å². The SMILES string of the molecule is [2H]c1nc([2H])c(-n2nc([2H])c(Br)c2[2H])c(C([2H])([2H])[2H])c1[2H]. The van der Waals surface area contributed by atoms with Gasteiger partial charge in [-0.2, -0.15) is 5.10 Å². The van der Waals surface area contributed by atoms with Crippen molar-refractivity contribution in [2.45, 2.75) is 6.85 Å². The van der Waals surface area contributed by atoms with Crippen LogP contribution in [0, 0.1) is 6.85 Å². The fraction of sp³-hybridized carbons (Fsp3) is 0.111. The van der Waals surface area contributed by atoms with Gasteiger partial charge in [-0.15, -0.1) is 0 Å². The first kappa shape index (κ1) is 3.20. The Kier molecular flexibility index (Phi) is 0.813. The molecule has 3 nitrogen and oxygen atoms in total. The third-order valence-electron chi connectivity index (χ3n) is 1.30. The van der Waals surface area contributed by atoms with Gasteiger partial charge in [0.05, 0.1) is 29.4 Å². The van der Waals surface area contributed by atoms with Gasteiger partial charge in [-0.05, 0) is 34.4 Å². The highest BCUT2D eigenvalue weighted by molar-refractivity contribution is 9.10. The average molecular weight is 246 g/mol. The van der Waals surface area contributed by atoms with Crippen LogP contribution in [0.5, 0.6) is 0 Å². The molecule has 0 aliphatic carbocycles. The molecule has 0 radical (unpaired) electrons. The van der Waals surface area contributed by atoms with E-state index in [1.165, 1.54) is 0 Å². The lowest BCUT2D eigenvalue weighted by molar-refractivity contribution is 0.865. The second-order valence-electron chi connectivity index (χ2n) is 2.13. The van der Waals surface area contributed by atoms with Gasteiger partial charge < -0.3 is 0 Å². The Labute approximate surface area is 95.8 Å². The van der Waals surface area contributed by atoms with Crippen molar-refractivity contribution in [1.29, 1.82) is 0 Å². The highest BCUT2D eigenvalue weighted by Gasteiger charge is 2.01.